The molecule has 0 aliphatic rings. The molecule has 2 aromatic carbocycles. The maximum absolute atomic E-state index is 13.7. The lowest BCUT2D eigenvalue weighted by Crippen LogP contribution is -2.38. The van der Waals surface area contributed by atoms with Crippen molar-refractivity contribution < 1.29 is 8.81 Å². The Morgan fingerprint density at radius 1 is 1.07 bits per heavy atom. The second kappa shape index (κ2) is 11.4. The lowest BCUT2D eigenvalue weighted by Gasteiger charge is -2.11. The number of hydrogen-bond donors (Lipinski definition) is 2. The van der Waals surface area contributed by atoms with Crippen molar-refractivity contribution in [2.45, 2.75) is 19.9 Å². The first-order valence-corrected chi connectivity index (χ1v) is 9.01. The highest BCUT2D eigenvalue weighted by Crippen LogP contribution is 2.18. The molecule has 0 unspecified atom stereocenters. The average Bonchev–Trinajstić information content (AvgIpc) is 3.17. The fraction of sp³-hybridized carbons (Fsp3) is 0.238. The number of hydrogen-bond acceptors (Lipinski definition) is 3. The highest BCUT2D eigenvalue weighted by molar-refractivity contribution is 14.0. The van der Waals surface area contributed by atoms with Gasteiger partial charge in [-0.3, -0.25) is 0 Å². The Bertz CT molecular complexity index is 883. The average molecular weight is 494 g/mol. The molecule has 0 saturated carbocycles. The molecular formula is C21H24FIN4O. The topological polar surface area (TPSA) is 62.5 Å². The van der Waals surface area contributed by atoms with Crippen LogP contribution in [0.25, 0.3) is 11.5 Å². The molecule has 0 aliphatic carbocycles. The molecule has 0 saturated heterocycles. The van der Waals surface area contributed by atoms with E-state index in [2.05, 4.69) is 20.6 Å². The second-order valence-corrected chi connectivity index (χ2v) is 5.97. The van der Waals surface area contributed by atoms with Crippen LogP contribution in [0.3, 0.4) is 0 Å². The molecule has 7 heteroatoms. The minimum Gasteiger partial charge on any atom is -0.444 e. The molecule has 28 heavy (non-hydrogen) atoms. The van der Waals surface area contributed by atoms with E-state index in [9.17, 15) is 4.39 Å². The molecule has 5 nitrogen and oxygen atoms in total. The molecule has 0 fully saturated rings. The van der Waals surface area contributed by atoms with Gasteiger partial charge >= 0.3 is 0 Å². The van der Waals surface area contributed by atoms with Gasteiger partial charge in [0.15, 0.2) is 5.96 Å². The number of aliphatic imine (C=N–C) groups is 1. The normalized spacial score (nSPS) is 11.0. The van der Waals surface area contributed by atoms with Gasteiger partial charge in [0.1, 0.15) is 17.8 Å². The maximum atomic E-state index is 13.7. The lowest BCUT2D eigenvalue weighted by atomic mass is 10.1. The van der Waals surface area contributed by atoms with E-state index in [0.29, 0.717) is 36.9 Å². The molecule has 0 amide bonds. The minimum absolute atomic E-state index is 0. The Labute approximate surface area is 181 Å². The van der Waals surface area contributed by atoms with Gasteiger partial charge in [0, 0.05) is 18.7 Å². The molecular weight excluding hydrogens is 470 g/mol. The molecule has 0 atom stereocenters. The first-order chi connectivity index (χ1) is 13.3. The maximum Gasteiger partial charge on any atom is 0.226 e. The van der Waals surface area contributed by atoms with Gasteiger partial charge in [-0.15, -0.1) is 24.0 Å². The second-order valence-electron chi connectivity index (χ2n) is 5.97. The van der Waals surface area contributed by atoms with Gasteiger partial charge < -0.3 is 15.1 Å². The van der Waals surface area contributed by atoms with Crippen molar-refractivity contribution in [2.24, 2.45) is 4.99 Å². The molecule has 3 rings (SSSR count). The van der Waals surface area contributed by atoms with Crippen LogP contribution in [-0.2, 0) is 13.0 Å². The van der Waals surface area contributed by atoms with Gasteiger partial charge in [0.05, 0.1) is 6.54 Å². The van der Waals surface area contributed by atoms with E-state index >= 15 is 0 Å². The standard InChI is InChI=1S/C21H23FN4O.HI/c1-2-23-21(24-13-12-16-8-6-7-11-19(16)22)25-14-18-15-27-20(26-18)17-9-4-3-5-10-17;/h3-11,15H,2,12-14H2,1H3,(H2,23,24,25);1H. The first kappa shape index (κ1) is 21.9. The van der Waals surface area contributed by atoms with Gasteiger partial charge in [0.2, 0.25) is 5.89 Å². The van der Waals surface area contributed by atoms with E-state index in [4.69, 9.17) is 4.42 Å². The Kier molecular flexibility index (Phi) is 8.93. The zero-order chi connectivity index (χ0) is 18.9. The number of nitrogens with zero attached hydrogens (tertiary/aromatic N) is 2. The predicted octanol–water partition coefficient (Wildman–Crippen LogP) is 4.40. The van der Waals surface area contributed by atoms with Crippen LogP contribution in [0.4, 0.5) is 4.39 Å². The Morgan fingerprint density at radius 3 is 2.57 bits per heavy atom. The molecule has 0 aliphatic heterocycles. The number of aromatic nitrogens is 1. The summed E-state index contributed by atoms with van der Waals surface area (Å²) in [4.78, 5) is 9.00. The smallest absolute Gasteiger partial charge is 0.226 e. The first-order valence-electron chi connectivity index (χ1n) is 9.01. The highest BCUT2D eigenvalue weighted by Gasteiger charge is 2.06. The van der Waals surface area contributed by atoms with E-state index in [0.717, 1.165) is 17.8 Å². The van der Waals surface area contributed by atoms with Crippen LogP contribution in [0, 0.1) is 5.82 Å². The molecule has 0 radical (unpaired) electrons. The quantitative estimate of drug-likeness (QED) is 0.291. The van der Waals surface area contributed by atoms with Crippen molar-refractivity contribution in [3.8, 4) is 11.5 Å². The van der Waals surface area contributed by atoms with Gasteiger partial charge in [-0.2, -0.15) is 0 Å². The van der Waals surface area contributed by atoms with Crippen molar-refractivity contribution in [3.63, 3.8) is 0 Å². The van der Waals surface area contributed by atoms with Crippen molar-refractivity contribution in [1.29, 1.82) is 0 Å². The Morgan fingerprint density at radius 2 is 1.82 bits per heavy atom. The number of oxazole rings is 1. The van der Waals surface area contributed by atoms with E-state index in [1.54, 1.807) is 18.4 Å². The van der Waals surface area contributed by atoms with Crippen LogP contribution in [0.15, 0.2) is 70.3 Å². The number of halogens is 2. The van der Waals surface area contributed by atoms with Gasteiger partial charge in [-0.05, 0) is 37.1 Å². The third-order valence-corrected chi connectivity index (χ3v) is 3.96. The number of rotatable bonds is 7. The third-order valence-electron chi connectivity index (χ3n) is 3.96. The largest absolute Gasteiger partial charge is 0.444 e. The van der Waals surface area contributed by atoms with Gasteiger partial charge in [-0.1, -0.05) is 36.4 Å². The predicted molar refractivity (Wildman–Crippen MR) is 120 cm³/mol. The van der Waals surface area contributed by atoms with E-state index in [-0.39, 0.29) is 29.8 Å². The number of guanidine groups is 1. The van der Waals surface area contributed by atoms with E-state index < -0.39 is 0 Å². The molecule has 2 N–H and O–H groups in total. The van der Waals surface area contributed by atoms with Crippen molar-refractivity contribution >= 4 is 29.9 Å². The summed E-state index contributed by atoms with van der Waals surface area (Å²) in [5.41, 5.74) is 2.37. The van der Waals surface area contributed by atoms with Crippen LogP contribution < -0.4 is 10.6 Å². The molecule has 3 aromatic rings. The summed E-state index contributed by atoms with van der Waals surface area (Å²) in [5, 5.41) is 6.40. The SMILES string of the molecule is CCNC(=NCc1coc(-c2ccccc2)n1)NCCc1ccccc1F.I. The van der Waals surface area contributed by atoms with Crippen molar-refractivity contribution in [3.05, 3.63) is 77.9 Å². The molecule has 1 heterocycles. The van der Waals surface area contributed by atoms with Crippen LogP contribution in [0.1, 0.15) is 18.2 Å². The molecule has 0 bridgehead atoms. The zero-order valence-electron chi connectivity index (χ0n) is 15.7. The van der Waals surface area contributed by atoms with E-state index in [1.807, 2.05) is 43.3 Å². The Balaban J connectivity index is 0.00000280. The van der Waals surface area contributed by atoms with Crippen LogP contribution >= 0.6 is 24.0 Å². The van der Waals surface area contributed by atoms with Crippen molar-refractivity contribution in [1.82, 2.24) is 15.6 Å². The summed E-state index contributed by atoms with van der Waals surface area (Å²) < 4.78 is 19.2. The lowest BCUT2D eigenvalue weighted by molar-refractivity contribution is 0.572. The summed E-state index contributed by atoms with van der Waals surface area (Å²) in [5.74, 6) is 1.06. The fourth-order valence-electron chi connectivity index (χ4n) is 2.61. The minimum atomic E-state index is -0.183. The third kappa shape index (κ3) is 6.33. The monoisotopic (exact) mass is 494 g/mol. The summed E-state index contributed by atoms with van der Waals surface area (Å²) in [6, 6.07) is 16.5. The summed E-state index contributed by atoms with van der Waals surface area (Å²) >= 11 is 0. The summed E-state index contributed by atoms with van der Waals surface area (Å²) in [6.07, 6.45) is 2.20. The van der Waals surface area contributed by atoms with Crippen LogP contribution in [0.2, 0.25) is 0 Å². The van der Waals surface area contributed by atoms with Crippen molar-refractivity contribution in [2.75, 3.05) is 13.1 Å². The van der Waals surface area contributed by atoms with Gasteiger partial charge in [-0.25, -0.2) is 14.4 Å². The fourth-order valence-corrected chi connectivity index (χ4v) is 2.61. The molecule has 0 spiro atoms. The zero-order valence-corrected chi connectivity index (χ0v) is 18.0. The summed E-state index contributed by atoms with van der Waals surface area (Å²) in [6.45, 7) is 3.71. The van der Waals surface area contributed by atoms with Crippen LogP contribution in [0.5, 0.6) is 0 Å². The Hall–Kier alpha value is -2.42. The number of benzene rings is 2. The van der Waals surface area contributed by atoms with E-state index in [1.165, 1.54) is 6.07 Å². The highest BCUT2D eigenvalue weighted by atomic mass is 127. The molecule has 1 aromatic heterocycles. The molecule has 148 valence electrons. The summed E-state index contributed by atoms with van der Waals surface area (Å²) in [7, 11) is 0. The van der Waals surface area contributed by atoms with Gasteiger partial charge in [0.25, 0.3) is 0 Å². The number of nitrogens with one attached hydrogen (secondary N) is 2. The van der Waals surface area contributed by atoms with Crippen LogP contribution in [-0.4, -0.2) is 24.0 Å².